The van der Waals surface area contributed by atoms with Gasteiger partial charge < -0.3 is 28.7 Å². The Balaban J connectivity index is 0.893. The maximum absolute atomic E-state index is 14.9. The Kier molecular flexibility index (Phi) is 9.35. The molecule has 1 aromatic heterocycles. The van der Waals surface area contributed by atoms with Gasteiger partial charge in [-0.05, 0) is 72.8 Å². The predicted octanol–water partition coefficient (Wildman–Crippen LogP) is 5.84. The van der Waals surface area contributed by atoms with E-state index in [-0.39, 0.29) is 25.3 Å². The Bertz CT molecular complexity index is 1840. The molecule has 11 nitrogen and oxygen atoms in total. The average Bonchev–Trinajstić information content (AvgIpc) is 3.79. The summed E-state index contributed by atoms with van der Waals surface area (Å²) in [6.07, 6.45) is 1.79. The number of amides is 1. The summed E-state index contributed by atoms with van der Waals surface area (Å²) in [5, 5.41) is 6.81. The molecule has 4 aromatic carbocycles. The van der Waals surface area contributed by atoms with Crippen molar-refractivity contribution in [3.05, 3.63) is 127 Å². The first-order valence-corrected chi connectivity index (χ1v) is 15.9. The molecule has 49 heavy (non-hydrogen) atoms. The number of para-hydroxylation sites is 1. The zero-order valence-corrected chi connectivity index (χ0v) is 26.5. The van der Waals surface area contributed by atoms with Crippen LogP contribution in [0.4, 0.5) is 30.6 Å². The van der Waals surface area contributed by atoms with E-state index in [2.05, 4.69) is 25.2 Å². The number of ether oxygens (including phenoxy) is 4. The van der Waals surface area contributed by atoms with E-state index < -0.39 is 29.6 Å². The number of nitrogens with one attached hydrogen (secondary N) is 1. The molecule has 252 valence electrons. The summed E-state index contributed by atoms with van der Waals surface area (Å²) >= 11 is 0. The van der Waals surface area contributed by atoms with Crippen LogP contribution in [-0.4, -0.2) is 66.4 Å². The summed E-state index contributed by atoms with van der Waals surface area (Å²) in [4.78, 5) is 20.8. The maximum atomic E-state index is 14.9. The molecule has 0 unspecified atom stereocenters. The number of piperazine rings is 1. The van der Waals surface area contributed by atoms with Crippen LogP contribution in [0.15, 0.2) is 110 Å². The van der Waals surface area contributed by atoms with Crippen molar-refractivity contribution in [2.75, 3.05) is 54.5 Å². The number of carbonyl (C=O) groups excluding carboxylic acids is 1. The highest BCUT2D eigenvalue weighted by Crippen LogP contribution is 2.38. The lowest BCUT2D eigenvalue weighted by molar-refractivity contribution is -0.192. The van der Waals surface area contributed by atoms with Crippen molar-refractivity contribution >= 4 is 23.2 Å². The van der Waals surface area contributed by atoms with Gasteiger partial charge in [0.25, 0.3) is 0 Å². The minimum atomic E-state index is -1.51. The van der Waals surface area contributed by atoms with Crippen molar-refractivity contribution in [1.29, 1.82) is 0 Å². The first kappa shape index (κ1) is 32.0. The van der Waals surface area contributed by atoms with Crippen LogP contribution in [0.1, 0.15) is 5.56 Å². The molecule has 0 aliphatic carbocycles. The van der Waals surface area contributed by atoms with Crippen molar-refractivity contribution < 1.29 is 32.5 Å². The monoisotopic (exact) mass is 668 g/mol. The molecular formula is C36H34F2N6O5. The third-order valence-electron chi connectivity index (χ3n) is 8.39. The summed E-state index contributed by atoms with van der Waals surface area (Å²) in [5.74, 6) is -1.85. The van der Waals surface area contributed by atoms with Gasteiger partial charge in [0, 0.05) is 54.9 Å². The number of halogens is 2. The molecule has 7 rings (SSSR count). The Hall–Kier alpha value is -5.53. The highest BCUT2D eigenvalue weighted by molar-refractivity contribution is 5.86. The standard InChI is InChI=1S/C36H34F2N6O5/c37-26-6-15-33(34(38)20-26)36(23-44-25-39-24-40-44)47-22-32(49-36)21-46-30-11-7-28(8-12-30)42-16-18-43(19-17-42)29-9-13-31(14-10-29)48-35(45)41-27-4-2-1-3-5-27/h1-15,20,24-25,32H,16-19,21-23H2,(H,41,45)/t32-,36-/m1/s1. The number of carbonyl (C=O) groups is 1. The fourth-order valence-electron chi connectivity index (χ4n) is 5.94. The molecular weight excluding hydrogens is 634 g/mol. The van der Waals surface area contributed by atoms with Crippen LogP contribution in [0.5, 0.6) is 11.5 Å². The molecule has 0 saturated carbocycles. The van der Waals surface area contributed by atoms with E-state index in [1.54, 1.807) is 24.3 Å². The molecule has 0 radical (unpaired) electrons. The third-order valence-corrected chi connectivity index (χ3v) is 8.39. The van der Waals surface area contributed by atoms with E-state index >= 15 is 0 Å². The van der Waals surface area contributed by atoms with Crippen LogP contribution in [0.2, 0.25) is 0 Å². The van der Waals surface area contributed by atoms with Gasteiger partial charge in [0.1, 0.15) is 55.0 Å². The number of hydrogen-bond acceptors (Lipinski definition) is 9. The van der Waals surface area contributed by atoms with E-state index in [1.165, 1.54) is 29.5 Å². The highest BCUT2D eigenvalue weighted by atomic mass is 19.1. The normalized spacial score (nSPS) is 19.1. The van der Waals surface area contributed by atoms with E-state index in [0.29, 0.717) is 17.2 Å². The van der Waals surface area contributed by atoms with Crippen LogP contribution in [0.25, 0.3) is 0 Å². The van der Waals surface area contributed by atoms with Gasteiger partial charge in [0.05, 0.1) is 6.61 Å². The summed E-state index contributed by atoms with van der Waals surface area (Å²) in [6, 6.07) is 27.8. The second kappa shape index (κ2) is 14.3. The van der Waals surface area contributed by atoms with Crippen LogP contribution >= 0.6 is 0 Å². The number of aromatic nitrogens is 3. The van der Waals surface area contributed by atoms with E-state index in [0.717, 1.165) is 43.6 Å². The lowest BCUT2D eigenvalue weighted by Crippen LogP contribution is -2.46. The van der Waals surface area contributed by atoms with Gasteiger partial charge in [-0.3, -0.25) is 5.32 Å². The van der Waals surface area contributed by atoms with Crippen LogP contribution in [-0.2, 0) is 21.8 Å². The lowest BCUT2D eigenvalue weighted by atomic mass is 10.0. The Labute approximate surface area is 281 Å². The molecule has 2 saturated heterocycles. The van der Waals surface area contributed by atoms with Crippen molar-refractivity contribution in [3.8, 4) is 11.5 Å². The minimum Gasteiger partial charge on any atom is -0.491 e. The van der Waals surface area contributed by atoms with Gasteiger partial charge in [-0.15, -0.1) is 0 Å². The highest BCUT2D eigenvalue weighted by Gasteiger charge is 2.46. The average molecular weight is 669 g/mol. The molecule has 2 fully saturated rings. The quantitative estimate of drug-likeness (QED) is 0.197. The van der Waals surface area contributed by atoms with Crippen molar-refractivity contribution in [3.63, 3.8) is 0 Å². The number of benzene rings is 4. The molecule has 3 heterocycles. The number of anilines is 3. The number of rotatable bonds is 10. The molecule has 13 heteroatoms. The third kappa shape index (κ3) is 7.63. The van der Waals surface area contributed by atoms with Gasteiger partial charge in [0.15, 0.2) is 0 Å². The van der Waals surface area contributed by atoms with Gasteiger partial charge in [-0.1, -0.05) is 18.2 Å². The second-order valence-electron chi connectivity index (χ2n) is 11.7. The van der Waals surface area contributed by atoms with E-state index in [9.17, 15) is 13.6 Å². The predicted molar refractivity (Wildman–Crippen MR) is 178 cm³/mol. The summed E-state index contributed by atoms with van der Waals surface area (Å²) < 4.78 is 53.7. The summed E-state index contributed by atoms with van der Waals surface area (Å²) in [6.45, 7) is 3.67. The van der Waals surface area contributed by atoms with Crippen LogP contribution in [0, 0.1) is 11.6 Å². The molecule has 2 aliphatic heterocycles. The largest absolute Gasteiger partial charge is 0.491 e. The summed E-state index contributed by atoms with van der Waals surface area (Å²) in [7, 11) is 0. The SMILES string of the molecule is O=C(Nc1ccccc1)Oc1ccc(N2CCN(c3ccc(OC[C@@H]4CO[C@@](Cn5cncn5)(c5ccc(F)cc5F)O4)cc3)CC2)cc1. The fourth-order valence-corrected chi connectivity index (χ4v) is 5.94. The Morgan fingerprint density at radius 2 is 1.55 bits per heavy atom. The molecule has 0 bridgehead atoms. The molecule has 0 spiro atoms. The Morgan fingerprint density at radius 3 is 2.18 bits per heavy atom. The Morgan fingerprint density at radius 1 is 0.878 bits per heavy atom. The lowest BCUT2D eigenvalue weighted by Gasteiger charge is -2.37. The second-order valence-corrected chi connectivity index (χ2v) is 11.7. The first-order valence-electron chi connectivity index (χ1n) is 15.9. The molecule has 2 aliphatic rings. The van der Waals surface area contributed by atoms with E-state index in [1.807, 2.05) is 54.6 Å². The minimum absolute atomic E-state index is 0.0294. The molecule has 1 N–H and O–H groups in total. The number of hydrogen-bond donors (Lipinski definition) is 1. The zero-order valence-electron chi connectivity index (χ0n) is 26.5. The maximum Gasteiger partial charge on any atom is 0.417 e. The van der Waals surface area contributed by atoms with Crippen molar-refractivity contribution in [2.24, 2.45) is 0 Å². The molecule has 5 aromatic rings. The first-order chi connectivity index (χ1) is 23.9. The smallest absolute Gasteiger partial charge is 0.417 e. The molecule has 1 amide bonds. The van der Waals surface area contributed by atoms with Gasteiger partial charge >= 0.3 is 6.09 Å². The molecule has 2 atom stereocenters. The number of nitrogens with zero attached hydrogens (tertiary/aromatic N) is 5. The fraction of sp³-hybridized carbons (Fsp3) is 0.250. The zero-order chi connectivity index (χ0) is 33.6. The van der Waals surface area contributed by atoms with Crippen molar-refractivity contribution in [2.45, 2.75) is 18.4 Å². The van der Waals surface area contributed by atoms with Crippen LogP contribution in [0.3, 0.4) is 0 Å². The van der Waals surface area contributed by atoms with Gasteiger partial charge in [0.2, 0.25) is 5.79 Å². The van der Waals surface area contributed by atoms with E-state index in [4.69, 9.17) is 18.9 Å². The topological polar surface area (TPSA) is 103 Å². The van der Waals surface area contributed by atoms with Crippen LogP contribution < -0.4 is 24.6 Å². The van der Waals surface area contributed by atoms with Gasteiger partial charge in [-0.25, -0.2) is 23.2 Å². The summed E-state index contributed by atoms with van der Waals surface area (Å²) in [5.41, 5.74) is 2.89. The van der Waals surface area contributed by atoms with Gasteiger partial charge in [-0.2, -0.15) is 5.10 Å². The van der Waals surface area contributed by atoms with Crippen molar-refractivity contribution in [1.82, 2.24) is 14.8 Å².